The van der Waals surface area contributed by atoms with Gasteiger partial charge in [0.25, 0.3) is 0 Å². The summed E-state index contributed by atoms with van der Waals surface area (Å²) in [4.78, 5) is 12.1. The zero-order valence-electron chi connectivity index (χ0n) is 13.6. The Morgan fingerprint density at radius 2 is 2.05 bits per heavy atom. The number of nitrogens with one attached hydrogen (secondary N) is 1. The first kappa shape index (κ1) is 18.1. The average molecular weight is 309 g/mol. The van der Waals surface area contributed by atoms with Crippen molar-refractivity contribution in [3.05, 3.63) is 35.4 Å². The molecule has 1 N–H and O–H groups in total. The molecule has 0 fully saturated rings. The molecule has 0 aliphatic carbocycles. The van der Waals surface area contributed by atoms with Crippen LogP contribution < -0.4 is 5.32 Å². The predicted octanol–water partition coefficient (Wildman–Crippen LogP) is 3.55. The molecule has 3 nitrogen and oxygen atoms in total. The molecule has 1 rings (SSSR count). The minimum Gasteiger partial charge on any atom is -0.465 e. The van der Waals surface area contributed by atoms with Gasteiger partial charge in [-0.15, -0.1) is 0 Å². The van der Waals surface area contributed by atoms with E-state index < -0.39 is 5.54 Å². The Hall–Kier alpha value is -1.00. The van der Waals surface area contributed by atoms with E-state index in [1.807, 2.05) is 32.5 Å². The minimum absolute atomic E-state index is 0.150. The quantitative estimate of drug-likeness (QED) is 0.559. The highest BCUT2D eigenvalue weighted by atomic mass is 32.2. The van der Waals surface area contributed by atoms with Crippen molar-refractivity contribution >= 4 is 17.7 Å². The first-order valence-corrected chi connectivity index (χ1v) is 8.73. The van der Waals surface area contributed by atoms with Gasteiger partial charge in [0.1, 0.15) is 5.54 Å². The zero-order valence-corrected chi connectivity index (χ0v) is 14.4. The third-order valence-corrected chi connectivity index (χ3v) is 4.57. The molecule has 4 heteroatoms. The fraction of sp³-hybridized carbons (Fsp3) is 0.588. The van der Waals surface area contributed by atoms with Crippen LogP contribution in [0.25, 0.3) is 0 Å². The van der Waals surface area contributed by atoms with Crippen LogP contribution >= 0.6 is 11.8 Å². The molecular weight excluding hydrogens is 282 g/mol. The minimum atomic E-state index is -0.580. The summed E-state index contributed by atoms with van der Waals surface area (Å²) in [5.74, 6) is 1.76. The number of likely N-dealkylation sites (N-methyl/N-ethyl adjacent to an activating group) is 1. The Morgan fingerprint density at radius 1 is 1.33 bits per heavy atom. The second-order valence-corrected chi connectivity index (χ2v) is 6.42. The van der Waals surface area contributed by atoms with E-state index in [1.54, 1.807) is 0 Å². The van der Waals surface area contributed by atoms with E-state index in [9.17, 15) is 4.79 Å². The van der Waals surface area contributed by atoms with Crippen LogP contribution in [0, 0.1) is 6.92 Å². The van der Waals surface area contributed by atoms with Gasteiger partial charge >= 0.3 is 5.97 Å². The molecular formula is C17H27NO2S. The van der Waals surface area contributed by atoms with E-state index in [1.165, 1.54) is 11.1 Å². The van der Waals surface area contributed by atoms with Crippen LogP contribution in [0.3, 0.4) is 0 Å². The van der Waals surface area contributed by atoms with Gasteiger partial charge in [-0.05, 0) is 50.6 Å². The van der Waals surface area contributed by atoms with Crippen molar-refractivity contribution < 1.29 is 9.53 Å². The van der Waals surface area contributed by atoms with Crippen LogP contribution in [0.2, 0.25) is 0 Å². The second-order valence-electron chi connectivity index (χ2n) is 5.31. The maximum Gasteiger partial charge on any atom is 0.326 e. The zero-order chi connectivity index (χ0) is 15.7. The van der Waals surface area contributed by atoms with E-state index in [-0.39, 0.29) is 5.97 Å². The van der Waals surface area contributed by atoms with Gasteiger partial charge in [0.2, 0.25) is 0 Å². The third kappa shape index (κ3) is 5.71. The average Bonchev–Trinajstić information content (AvgIpc) is 2.46. The Kier molecular flexibility index (Phi) is 7.83. The van der Waals surface area contributed by atoms with Crippen LogP contribution in [0.5, 0.6) is 0 Å². The molecule has 1 aromatic carbocycles. The lowest BCUT2D eigenvalue weighted by Crippen LogP contribution is -2.50. The van der Waals surface area contributed by atoms with Gasteiger partial charge in [-0.25, -0.2) is 0 Å². The molecule has 1 unspecified atom stereocenters. The largest absolute Gasteiger partial charge is 0.465 e. The lowest BCUT2D eigenvalue weighted by Gasteiger charge is -2.28. The molecule has 0 radical (unpaired) electrons. The molecule has 0 aliphatic rings. The smallest absolute Gasteiger partial charge is 0.326 e. The number of benzene rings is 1. The number of hydrogen-bond donors (Lipinski definition) is 1. The van der Waals surface area contributed by atoms with Crippen LogP contribution in [0.15, 0.2) is 24.3 Å². The normalized spacial score (nSPS) is 13.7. The molecule has 21 heavy (non-hydrogen) atoms. The van der Waals surface area contributed by atoms with Crippen molar-refractivity contribution in [1.82, 2.24) is 5.32 Å². The Labute approximate surface area is 132 Å². The summed E-state index contributed by atoms with van der Waals surface area (Å²) < 4.78 is 5.18. The second kappa shape index (κ2) is 9.11. The van der Waals surface area contributed by atoms with Gasteiger partial charge in [-0.3, -0.25) is 4.79 Å². The fourth-order valence-corrected chi connectivity index (χ4v) is 3.41. The molecule has 0 bridgehead atoms. The highest BCUT2D eigenvalue weighted by Gasteiger charge is 2.33. The monoisotopic (exact) mass is 309 g/mol. The van der Waals surface area contributed by atoms with Crippen molar-refractivity contribution in [2.75, 3.05) is 18.9 Å². The standard InChI is InChI=1S/C17H27NO2S/c1-5-18-17(4,16(19)20-6-2)11-12-21-13-15-10-8-7-9-14(15)3/h7-10,18H,5-6,11-13H2,1-4H3. The maximum absolute atomic E-state index is 12.1. The summed E-state index contributed by atoms with van der Waals surface area (Å²) in [6.45, 7) is 9.11. The van der Waals surface area contributed by atoms with E-state index >= 15 is 0 Å². The van der Waals surface area contributed by atoms with Crippen molar-refractivity contribution in [3.8, 4) is 0 Å². The van der Waals surface area contributed by atoms with Gasteiger partial charge in [0, 0.05) is 5.75 Å². The number of esters is 1. The van der Waals surface area contributed by atoms with Crippen molar-refractivity contribution in [2.24, 2.45) is 0 Å². The first-order chi connectivity index (χ1) is 10.0. The molecule has 0 aromatic heterocycles. The summed E-state index contributed by atoms with van der Waals surface area (Å²) in [5, 5.41) is 3.27. The number of aryl methyl sites for hydroxylation is 1. The summed E-state index contributed by atoms with van der Waals surface area (Å²) in [7, 11) is 0. The highest BCUT2D eigenvalue weighted by molar-refractivity contribution is 7.98. The van der Waals surface area contributed by atoms with Gasteiger partial charge in [0.15, 0.2) is 0 Å². The van der Waals surface area contributed by atoms with Crippen molar-refractivity contribution in [2.45, 2.75) is 45.4 Å². The van der Waals surface area contributed by atoms with Gasteiger partial charge < -0.3 is 10.1 Å². The lowest BCUT2D eigenvalue weighted by atomic mass is 9.99. The van der Waals surface area contributed by atoms with E-state index in [4.69, 9.17) is 4.74 Å². The number of carbonyl (C=O) groups excluding carboxylic acids is 1. The van der Waals surface area contributed by atoms with Gasteiger partial charge in [0.05, 0.1) is 6.61 Å². The van der Waals surface area contributed by atoms with Gasteiger partial charge in [-0.2, -0.15) is 11.8 Å². The molecule has 118 valence electrons. The molecule has 0 saturated carbocycles. The predicted molar refractivity (Wildman–Crippen MR) is 90.7 cm³/mol. The van der Waals surface area contributed by atoms with Crippen LogP contribution in [-0.4, -0.2) is 30.4 Å². The SMILES string of the molecule is CCNC(C)(CCSCc1ccccc1C)C(=O)OCC. The number of rotatable bonds is 9. The number of hydrogen-bond acceptors (Lipinski definition) is 4. The molecule has 0 aliphatic heterocycles. The molecule has 1 atom stereocenters. The first-order valence-electron chi connectivity index (χ1n) is 7.58. The van der Waals surface area contributed by atoms with Crippen LogP contribution in [0.1, 0.15) is 38.3 Å². The van der Waals surface area contributed by atoms with Crippen LogP contribution in [0.4, 0.5) is 0 Å². The molecule has 0 spiro atoms. The summed E-state index contributed by atoms with van der Waals surface area (Å²) in [6, 6.07) is 8.44. The number of thioether (sulfide) groups is 1. The Bertz CT molecular complexity index is 450. The lowest BCUT2D eigenvalue weighted by molar-refractivity contribution is -0.150. The van der Waals surface area contributed by atoms with E-state index in [0.29, 0.717) is 6.61 Å². The molecule has 0 amide bonds. The fourth-order valence-electron chi connectivity index (χ4n) is 2.17. The highest BCUT2D eigenvalue weighted by Crippen LogP contribution is 2.20. The third-order valence-electron chi connectivity index (χ3n) is 3.56. The van der Waals surface area contributed by atoms with E-state index in [0.717, 1.165) is 24.5 Å². The molecule has 0 heterocycles. The molecule has 0 saturated heterocycles. The number of ether oxygens (including phenoxy) is 1. The molecule has 1 aromatic rings. The summed E-state index contributed by atoms with van der Waals surface area (Å²) >= 11 is 1.86. The Morgan fingerprint density at radius 3 is 2.67 bits per heavy atom. The summed E-state index contributed by atoms with van der Waals surface area (Å²) in [6.07, 6.45) is 0.774. The van der Waals surface area contributed by atoms with Gasteiger partial charge in [-0.1, -0.05) is 31.2 Å². The van der Waals surface area contributed by atoms with Crippen molar-refractivity contribution in [3.63, 3.8) is 0 Å². The Balaban J connectivity index is 2.47. The topological polar surface area (TPSA) is 38.3 Å². The maximum atomic E-state index is 12.1. The summed E-state index contributed by atoms with van der Waals surface area (Å²) in [5.41, 5.74) is 2.11. The van der Waals surface area contributed by atoms with Crippen LogP contribution in [-0.2, 0) is 15.3 Å². The number of carbonyl (C=O) groups is 1. The van der Waals surface area contributed by atoms with E-state index in [2.05, 4.69) is 36.5 Å². The van der Waals surface area contributed by atoms with Crippen molar-refractivity contribution in [1.29, 1.82) is 0 Å².